The molecule has 0 aromatic rings. The number of thiocarbonyl (C=S) groups is 1. The Morgan fingerprint density at radius 2 is 0.657 bits per heavy atom. The fourth-order valence-electron chi connectivity index (χ4n) is 0. The van der Waals surface area contributed by atoms with E-state index in [2.05, 4.69) is 45.0 Å². The van der Waals surface area contributed by atoms with E-state index in [1.165, 1.54) is 55.1 Å². The van der Waals surface area contributed by atoms with E-state index in [1.807, 2.05) is 123 Å². The number of esters is 2. The van der Waals surface area contributed by atoms with Gasteiger partial charge in [0.1, 0.15) is 6.29 Å². The van der Waals surface area contributed by atoms with Gasteiger partial charge in [-0.15, -0.1) is 5.60 Å². The Bertz CT molecular complexity index is 626. The molecule has 0 fully saturated rings. The fourth-order valence-corrected chi connectivity index (χ4v) is 0. The first-order chi connectivity index (χ1) is 30.3. The zero-order valence-corrected chi connectivity index (χ0v) is 54.4. The molecule has 0 radical (unpaired) electrons. The summed E-state index contributed by atoms with van der Waals surface area (Å²) in [5, 5.41) is 55.6. The van der Waals surface area contributed by atoms with E-state index < -0.39 is 31.9 Å². The molecule has 0 aromatic heterocycles. The van der Waals surface area contributed by atoms with E-state index in [9.17, 15) is 27.9 Å². The van der Waals surface area contributed by atoms with Crippen LogP contribution < -0.4 is 56.5 Å². The molecule has 0 unspecified atom stereocenters. The number of ether oxygens (including phenoxy) is 4. The Hall–Kier alpha value is -1.01. The van der Waals surface area contributed by atoms with E-state index in [-0.39, 0.29) is 63.3 Å². The van der Waals surface area contributed by atoms with Crippen LogP contribution in [0.2, 0.25) is 13.6 Å². The Morgan fingerprint density at radius 3 is 0.657 bits per heavy atom. The van der Waals surface area contributed by atoms with Gasteiger partial charge in [0.25, 0.3) is 5.97 Å². The molecule has 15 nitrogen and oxygen atoms in total. The van der Waals surface area contributed by atoms with Crippen LogP contribution >= 0.6 is 12.2 Å². The van der Waals surface area contributed by atoms with Gasteiger partial charge in [-0.05, 0) is 46.6 Å². The largest absolute Gasteiger partial charge is 1.00 e. The monoisotopic (exact) mass is 1050 g/mol. The topological polar surface area (TPSA) is 250 Å². The summed E-state index contributed by atoms with van der Waals surface area (Å²) in [6.07, 6.45) is 3.04. The molecule has 0 heterocycles. The maximum Gasteiger partial charge on any atom is 1.00 e. The van der Waals surface area contributed by atoms with Crippen molar-refractivity contribution in [2.24, 2.45) is 0 Å². The number of alkyl halides is 3. The molecule has 67 heavy (non-hydrogen) atoms. The maximum atomic E-state index is 11.2. The number of aliphatic carboxylic acids is 1. The van der Waals surface area contributed by atoms with Crippen LogP contribution in [0.25, 0.3) is 0 Å². The van der Waals surface area contributed by atoms with Gasteiger partial charge in [0.15, 0.2) is 5.05 Å². The molecule has 420 valence electrons. The molecule has 0 saturated carbocycles. The normalized spacial score (nSPS) is 6.51. The number of allylic oxidation sites excluding steroid dienone is 2. The molecule has 0 spiro atoms. The molecule has 0 rings (SSSR count). The minimum absolute atomic E-state index is 0. The molecule has 0 aliphatic carbocycles. The first-order valence-electron chi connectivity index (χ1n) is 21.8. The van der Waals surface area contributed by atoms with Crippen molar-refractivity contribution in [1.82, 2.24) is 0 Å². The second-order valence-electron chi connectivity index (χ2n) is 8.60. The summed E-state index contributed by atoms with van der Waals surface area (Å²) >= 11 is 4.47. The summed E-state index contributed by atoms with van der Waals surface area (Å²) in [6, 6.07) is 0. The second kappa shape index (κ2) is 194. The summed E-state index contributed by atoms with van der Waals surface area (Å²) in [5.74, 6) is -1.32. The van der Waals surface area contributed by atoms with E-state index >= 15 is 0 Å². The minimum Gasteiger partial charge on any atom is -0.850 e. The van der Waals surface area contributed by atoms with E-state index in [4.69, 9.17) is 39.9 Å². The van der Waals surface area contributed by atoms with Crippen LogP contribution in [0.3, 0.4) is 0 Å². The van der Waals surface area contributed by atoms with Crippen molar-refractivity contribution in [2.45, 2.75) is 219 Å². The van der Waals surface area contributed by atoms with Crippen molar-refractivity contribution in [3.05, 3.63) is 12.2 Å². The smallest absolute Gasteiger partial charge is 0.850 e. The van der Waals surface area contributed by atoms with Gasteiger partial charge in [-0.25, -0.2) is 0 Å². The Kier molecular flexibility index (Phi) is 400. The van der Waals surface area contributed by atoms with E-state index in [0.717, 1.165) is 27.4 Å². The van der Waals surface area contributed by atoms with E-state index in [1.54, 1.807) is 34.8 Å². The maximum absolute atomic E-state index is 11.2. The van der Waals surface area contributed by atoms with Crippen molar-refractivity contribution in [2.75, 3.05) is 42.7 Å². The number of aliphatic hydroxyl groups excluding tert-OH is 1. The van der Waals surface area contributed by atoms with Crippen LogP contribution in [0.4, 0.5) is 13.2 Å². The fraction of sp³-hybridized carbons (Fsp3) is 0.844. The molecule has 6 N–H and O–H groups in total. The average molecular weight is 1050 g/mol. The number of aliphatic hydroxyl groups is 1. The molecule has 0 bridgehead atoms. The number of rotatable bonds is 1. The van der Waals surface area contributed by atoms with Crippen LogP contribution in [-0.2, 0) is 38.1 Å². The molecule has 0 amide bonds. The summed E-state index contributed by atoms with van der Waals surface area (Å²) in [4.78, 5) is 37.0. The number of carboxylic acid groups (broad SMARTS) is 1. The number of carbonyl (C=O) groups excluding carboxylic acids is 3. The second-order valence-corrected chi connectivity index (χ2v) is 9.18. The van der Waals surface area contributed by atoms with Crippen LogP contribution in [0.1, 0.15) is 193 Å². The first kappa shape index (κ1) is 138. The number of hydrogen-bond acceptors (Lipinski definition) is 15. The molecule has 0 aliphatic rings. The van der Waals surface area contributed by atoms with Crippen molar-refractivity contribution >= 4 is 55.7 Å². The van der Waals surface area contributed by atoms with Gasteiger partial charge in [0.2, 0.25) is 0 Å². The molecule has 0 aromatic carbocycles. The Balaban J connectivity index is -0.0000000177. The van der Waals surface area contributed by atoms with Gasteiger partial charge in [-0.1, -0.05) is 150 Å². The number of methoxy groups -OCH3 is 4. The zero-order valence-electron chi connectivity index (χ0n) is 50.5. The van der Waals surface area contributed by atoms with E-state index in [0.29, 0.717) is 19.2 Å². The van der Waals surface area contributed by atoms with Crippen molar-refractivity contribution < 1.29 is 138 Å². The van der Waals surface area contributed by atoms with Gasteiger partial charge in [-0.3, -0.25) is 18.8 Å². The van der Waals surface area contributed by atoms with Crippen LogP contribution in [0.5, 0.6) is 0 Å². The third-order valence-corrected chi connectivity index (χ3v) is 1.72. The summed E-state index contributed by atoms with van der Waals surface area (Å²) in [7, 11) is 4.38. The molecule has 22 heteroatoms. The Morgan fingerprint density at radius 1 is 0.597 bits per heavy atom. The summed E-state index contributed by atoms with van der Waals surface area (Å²) in [6.45, 7) is 51.4. The number of halogens is 3. The van der Waals surface area contributed by atoms with Gasteiger partial charge >= 0.3 is 83.7 Å². The molecule has 0 saturated heterocycles. The predicted octanol–water partition coefficient (Wildman–Crippen LogP) is 8.58. The number of aldehydes is 1. The number of carboxylic acids is 1. The van der Waals surface area contributed by atoms with Crippen LogP contribution in [0, 0.1) is 0 Å². The predicted molar refractivity (Wildman–Crippen MR) is 286 cm³/mol. The van der Waals surface area contributed by atoms with Gasteiger partial charge in [0, 0.05) is 48.8 Å². The molecular formula is C45H116B2F3KO15S. The third kappa shape index (κ3) is 3190. The quantitative estimate of drug-likeness (QED) is 0.0473. The number of carbonyl (C=O) groups is 4. The Labute approximate surface area is 463 Å². The molecule has 0 aliphatic heterocycles. The SMILES string of the molecule is CB(O)O.CB(O)O.CC.CC.CC.CC.CC.CC.CC.CC(=O)O.CC(C)(C)[O-].CC=CC.CC=O.CCC.CF.CO.COC(C)(F)F.COC(C)=O.COC(C)=O.COC(C)=S.[K+]. The van der Waals surface area contributed by atoms with Crippen LogP contribution in [-0.4, -0.2) is 128 Å². The van der Waals surface area contributed by atoms with Gasteiger partial charge in [-0.2, -0.15) is 8.78 Å². The standard InChI is InChI=1S/C4H9O.C4H8.C3H6F2O.2C3H6O2.C3H6OS.C3H8.C2H4O2.C2H4O.7C2H6.2CH5BO2.CH3F.CH4O.K/c1-4(2,3)5;1-3-4-2;1-3(4,5)6-2;2*1-3(4)5-2;1-3(5)4-2;1-3-2;1-2(3)4;1-2-3;7*1-2;2*1-2(3)4;2*1-2;/h1-3H3;3-4H,1-2H3;1-2H3;3*1-2H3;3H2,1-2H3;1H3,(H,3,4);2H,1H3;7*1-2H3;2*3-4H,1H3;1H3;2H,1H3;/q-1;;;;;;;;;;;;;;;;;;;;+1. The van der Waals surface area contributed by atoms with Crippen molar-refractivity contribution in [1.29, 1.82) is 0 Å². The molecule has 0 atom stereocenters. The van der Waals surface area contributed by atoms with Gasteiger partial charge in [0.05, 0.1) is 28.5 Å². The average Bonchev–Trinajstić information content (AvgIpc) is 3.27. The van der Waals surface area contributed by atoms with Gasteiger partial charge < -0.3 is 59.2 Å². The first-order valence-corrected chi connectivity index (χ1v) is 22.2. The summed E-state index contributed by atoms with van der Waals surface area (Å²) < 4.78 is 48.3. The zero-order chi connectivity index (χ0) is 60.1. The van der Waals surface area contributed by atoms with Crippen LogP contribution in [0.15, 0.2) is 12.2 Å². The minimum atomic E-state index is -2.96. The molecular weight excluding hydrogens is 930 g/mol. The van der Waals surface area contributed by atoms with Crippen molar-refractivity contribution in [3.8, 4) is 0 Å². The summed E-state index contributed by atoms with van der Waals surface area (Å²) in [5.41, 5.74) is -0.750. The van der Waals surface area contributed by atoms with Crippen molar-refractivity contribution in [3.63, 3.8) is 0 Å². The third-order valence-electron chi connectivity index (χ3n) is 1.55. The number of hydrogen-bond donors (Lipinski definition) is 6.